The summed E-state index contributed by atoms with van der Waals surface area (Å²) in [6.07, 6.45) is 3.05. The van der Waals surface area contributed by atoms with Gasteiger partial charge in [0.2, 0.25) is 0 Å². The number of nitrogens with zero attached hydrogens (tertiary/aromatic N) is 1. The zero-order chi connectivity index (χ0) is 12.2. The first-order chi connectivity index (χ1) is 7.50. The molecule has 1 aromatic rings. The van der Waals surface area contributed by atoms with E-state index in [0.717, 1.165) is 12.8 Å². The molecule has 0 aliphatic carbocycles. The van der Waals surface area contributed by atoms with Crippen LogP contribution < -0.4 is 10.5 Å². The van der Waals surface area contributed by atoms with Gasteiger partial charge in [-0.3, -0.25) is 0 Å². The topological polar surface area (TPSA) is 48.1 Å². The number of ether oxygens (including phenoxy) is 1. The second-order valence-electron chi connectivity index (χ2n) is 3.80. The van der Waals surface area contributed by atoms with Gasteiger partial charge in [-0.05, 0) is 34.8 Å². The third-order valence-corrected chi connectivity index (χ3v) is 3.11. The fourth-order valence-electron chi connectivity index (χ4n) is 1.17. The summed E-state index contributed by atoms with van der Waals surface area (Å²) in [7, 11) is 0. The Morgan fingerprint density at radius 2 is 2.12 bits per heavy atom. The predicted octanol–water partition coefficient (Wildman–Crippen LogP) is 2.88. The van der Waals surface area contributed by atoms with Crippen molar-refractivity contribution in [3.05, 3.63) is 22.6 Å². The molecule has 1 heterocycles. The van der Waals surface area contributed by atoms with Crippen molar-refractivity contribution >= 4 is 15.9 Å². The third kappa shape index (κ3) is 3.42. The van der Waals surface area contributed by atoms with Gasteiger partial charge in [-0.25, -0.2) is 9.37 Å². The number of nitrogens with two attached hydrogens (primary N) is 1. The molecule has 0 aromatic carbocycles. The van der Waals surface area contributed by atoms with E-state index in [1.165, 1.54) is 12.3 Å². The van der Waals surface area contributed by atoms with Crippen LogP contribution in [0.2, 0.25) is 0 Å². The molecule has 90 valence electrons. The van der Waals surface area contributed by atoms with Crippen LogP contribution in [0.4, 0.5) is 4.39 Å². The van der Waals surface area contributed by atoms with E-state index >= 15 is 0 Å². The molecule has 1 aromatic heterocycles. The first-order valence-electron chi connectivity index (χ1n) is 5.23. The molecule has 0 aliphatic heterocycles. The number of pyridine rings is 1. The number of halogens is 2. The third-order valence-electron chi connectivity index (χ3n) is 2.68. The van der Waals surface area contributed by atoms with Gasteiger partial charge in [0.25, 0.3) is 5.88 Å². The smallest absolute Gasteiger partial charge is 0.250 e. The van der Waals surface area contributed by atoms with Crippen LogP contribution in [-0.4, -0.2) is 17.1 Å². The molecule has 0 atom stereocenters. The number of rotatable bonds is 5. The summed E-state index contributed by atoms with van der Waals surface area (Å²) in [4.78, 5) is 3.85. The van der Waals surface area contributed by atoms with Gasteiger partial charge >= 0.3 is 0 Å². The second-order valence-corrected chi connectivity index (χ2v) is 4.71. The highest BCUT2D eigenvalue weighted by atomic mass is 79.9. The van der Waals surface area contributed by atoms with Crippen LogP contribution in [0.15, 0.2) is 16.7 Å². The Hall–Kier alpha value is -0.680. The molecule has 1 rings (SSSR count). The summed E-state index contributed by atoms with van der Waals surface area (Å²) in [6, 6.07) is 1.32. The van der Waals surface area contributed by atoms with Gasteiger partial charge in [0.15, 0.2) is 5.82 Å². The Bertz CT molecular complexity index is 356. The van der Waals surface area contributed by atoms with E-state index in [-0.39, 0.29) is 12.5 Å². The van der Waals surface area contributed by atoms with Crippen LogP contribution >= 0.6 is 15.9 Å². The van der Waals surface area contributed by atoms with Crippen LogP contribution in [0.1, 0.15) is 26.7 Å². The van der Waals surface area contributed by atoms with Crippen LogP contribution in [0, 0.1) is 5.82 Å². The second kappa shape index (κ2) is 5.59. The Balaban J connectivity index is 2.67. The molecular weight excluding hydrogens is 275 g/mol. The summed E-state index contributed by atoms with van der Waals surface area (Å²) in [5.74, 6) is -0.483. The van der Waals surface area contributed by atoms with Gasteiger partial charge in [0.1, 0.15) is 6.61 Å². The molecule has 0 spiro atoms. The summed E-state index contributed by atoms with van der Waals surface area (Å²) in [5, 5.41) is 0. The molecule has 0 aliphatic rings. The van der Waals surface area contributed by atoms with Crippen LogP contribution in [0.25, 0.3) is 0 Å². The van der Waals surface area contributed by atoms with E-state index in [9.17, 15) is 4.39 Å². The molecule has 0 amide bonds. The molecule has 0 radical (unpaired) electrons. The van der Waals surface area contributed by atoms with Crippen molar-refractivity contribution in [1.29, 1.82) is 0 Å². The fourth-order valence-corrected chi connectivity index (χ4v) is 1.48. The monoisotopic (exact) mass is 290 g/mol. The Morgan fingerprint density at radius 3 is 2.62 bits per heavy atom. The first-order valence-corrected chi connectivity index (χ1v) is 6.03. The zero-order valence-corrected chi connectivity index (χ0v) is 11.1. The normalized spacial score (nSPS) is 11.6. The lowest BCUT2D eigenvalue weighted by atomic mass is 9.96. The van der Waals surface area contributed by atoms with E-state index in [1.807, 2.05) is 13.8 Å². The minimum Gasteiger partial charge on any atom is -0.474 e. The first kappa shape index (κ1) is 13.4. The van der Waals surface area contributed by atoms with Crippen LogP contribution in [-0.2, 0) is 0 Å². The van der Waals surface area contributed by atoms with Crippen molar-refractivity contribution in [2.24, 2.45) is 5.73 Å². The average Bonchev–Trinajstić information content (AvgIpc) is 2.27. The molecule has 0 fully saturated rings. The quantitative estimate of drug-likeness (QED) is 0.907. The molecule has 0 saturated carbocycles. The van der Waals surface area contributed by atoms with Gasteiger partial charge in [-0.2, -0.15) is 0 Å². The molecule has 16 heavy (non-hydrogen) atoms. The minimum absolute atomic E-state index is 0.0000694. The van der Waals surface area contributed by atoms with E-state index in [1.54, 1.807) is 0 Å². The maximum absolute atomic E-state index is 13.4. The maximum atomic E-state index is 13.4. The van der Waals surface area contributed by atoms with E-state index in [2.05, 4.69) is 20.9 Å². The average molecular weight is 291 g/mol. The van der Waals surface area contributed by atoms with Gasteiger partial charge in [0, 0.05) is 16.2 Å². The van der Waals surface area contributed by atoms with Gasteiger partial charge in [-0.15, -0.1) is 0 Å². The maximum Gasteiger partial charge on any atom is 0.250 e. The molecule has 0 unspecified atom stereocenters. The lowest BCUT2D eigenvalue weighted by molar-refractivity contribution is 0.193. The molecule has 0 bridgehead atoms. The predicted molar refractivity (Wildman–Crippen MR) is 64.9 cm³/mol. The number of aromatic nitrogens is 1. The van der Waals surface area contributed by atoms with E-state index in [4.69, 9.17) is 10.5 Å². The summed E-state index contributed by atoms with van der Waals surface area (Å²) in [6.45, 7) is 4.24. The van der Waals surface area contributed by atoms with E-state index < -0.39 is 11.4 Å². The van der Waals surface area contributed by atoms with Crippen molar-refractivity contribution in [1.82, 2.24) is 4.98 Å². The van der Waals surface area contributed by atoms with Crippen molar-refractivity contribution in [2.75, 3.05) is 6.61 Å². The Kier molecular flexibility index (Phi) is 4.68. The number of hydrogen-bond donors (Lipinski definition) is 1. The Labute approximate surface area is 103 Å². The summed E-state index contributed by atoms with van der Waals surface area (Å²) < 4.78 is 19.3. The van der Waals surface area contributed by atoms with Gasteiger partial charge in [-0.1, -0.05) is 13.8 Å². The van der Waals surface area contributed by atoms with Crippen molar-refractivity contribution in [3.63, 3.8) is 0 Å². The lowest BCUT2D eigenvalue weighted by Gasteiger charge is -2.26. The van der Waals surface area contributed by atoms with Gasteiger partial charge < -0.3 is 10.5 Å². The molecular formula is C11H16BrFN2O. The minimum atomic E-state index is -0.482. The molecule has 3 nitrogen and oxygen atoms in total. The summed E-state index contributed by atoms with van der Waals surface area (Å²) in [5.41, 5.74) is 5.62. The standard InChI is InChI=1S/C11H16BrFN2O/c1-3-11(14,4-2)7-16-10-9(13)5-8(12)6-15-10/h5-6H,3-4,7,14H2,1-2H3. The van der Waals surface area contributed by atoms with E-state index in [0.29, 0.717) is 4.47 Å². The molecule has 0 saturated heterocycles. The largest absolute Gasteiger partial charge is 0.474 e. The Morgan fingerprint density at radius 1 is 1.50 bits per heavy atom. The highest BCUT2D eigenvalue weighted by Gasteiger charge is 2.22. The molecule has 5 heteroatoms. The van der Waals surface area contributed by atoms with Crippen molar-refractivity contribution in [2.45, 2.75) is 32.2 Å². The van der Waals surface area contributed by atoms with Crippen molar-refractivity contribution < 1.29 is 9.13 Å². The highest BCUT2D eigenvalue weighted by Crippen LogP contribution is 2.20. The fraction of sp³-hybridized carbons (Fsp3) is 0.545. The van der Waals surface area contributed by atoms with Crippen LogP contribution in [0.3, 0.4) is 0 Å². The van der Waals surface area contributed by atoms with Crippen molar-refractivity contribution in [3.8, 4) is 5.88 Å². The number of hydrogen-bond acceptors (Lipinski definition) is 3. The van der Waals surface area contributed by atoms with Crippen LogP contribution in [0.5, 0.6) is 5.88 Å². The highest BCUT2D eigenvalue weighted by molar-refractivity contribution is 9.10. The SMILES string of the molecule is CCC(N)(CC)COc1ncc(Br)cc1F. The lowest BCUT2D eigenvalue weighted by Crippen LogP contribution is -2.44. The summed E-state index contributed by atoms with van der Waals surface area (Å²) >= 11 is 3.13. The molecule has 2 N–H and O–H groups in total. The zero-order valence-electron chi connectivity index (χ0n) is 9.46. The van der Waals surface area contributed by atoms with Gasteiger partial charge in [0.05, 0.1) is 0 Å².